The van der Waals surface area contributed by atoms with Crippen LogP contribution >= 0.6 is 24.0 Å². The fraction of sp³-hybridized carbons (Fsp3) is 0.200. The SMILES string of the molecule is C=CC(SC(N)=S)C(=O)O. The van der Waals surface area contributed by atoms with E-state index in [1.165, 1.54) is 6.08 Å². The lowest BCUT2D eigenvalue weighted by Gasteiger charge is -2.02. The van der Waals surface area contributed by atoms with Gasteiger partial charge in [0.1, 0.15) is 9.57 Å². The normalized spacial score (nSPS) is 12.0. The topological polar surface area (TPSA) is 63.3 Å². The Balaban J connectivity index is 3.96. The molecule has 0 spiro atoms. The van der Waals surface area contributed by atoms with Gasteiger partial charge in [0.25, 0.3) is 0 Å². The van der Waals surface area contributed by atoms with E-state index in [0.717, 1.165) is 11.8 Å². The zero-order valence-corrected chi connectivity index (χ0v) is 6.74. The van der Waals surface area contributed by atoms with Crippen molar-refractivity contribution < 1.29 is 9.90 Å². The van der Waals surface area contributed by atoms with Gasteiger partial charge in [0, 0.05) is 0 Å². The highest BCUT2D eigenvalue weighted by atomic mass is 32.2. The third kappa shape index (κ3) is 3.47. The molecule has 0 aromatic rings. The summed E-state index contributed by atoms with van der Waals surface area (Å²) < 4.78 is 0.118. The van der Waals surface area contributed by atoms with E-state index >= 15 is 0 Å². The van der Waals surface area contributed by atoms with Gasteiger partial charge in [-0.05, 0) is 0 Å². The van der Waals surface area contributed by atoms with Crippen LogP contribution < -0.4 is 5.73 Å². The van der Waals surface area contributed by atoms with E-state index in [0.29, 0.717) is 0 Å². The van der Waals surface area contributed by atoms with Crippen LogP contribution in [0.25, 0.3) is 0 Å². The van der Waals surface area contributed by atoms with Gasteiger partial charge in [0.15, 0.2) is 0 Å². The summed E-state index contributed by atoms with van der Waals surface area (Å²) in [5, 5.41) is 7.69. The molecule has 1 unspecified atom stereocenters. The highest BCUT2D eigenvalue weighted by Gasteiger charge is 2.13. The van der Waals surface area contributed by atoms with Crippen molar-refractivity contribution in [3.05, 3.63) is 12.7 Å². The first-order chi connectivity index (χ1) is 4.57. The summed E-state index contributed by atoms with van der Waals surface area (Å²) in [6, 6.07) is 0. The number of hydrogen-bond donors (Lipinski definition) is 2. The Hall–Kier alpha value is -0.550. The van der Waals surface area contributed by atoms with Gasteiger partial charge in [-0.2, -0.15) is 0 Å². The van der Waals surface area contributed by atoms with E-state index < -0.39 is 11.2 Å². The highest BCUT2D eigenvalue weighted by Crippen LogP contribution is 2.11. The van der Waals surface area contributed by atoms with Gasteiger partial charge in [-0.25, -0.2) is 0 Å². The van der Waals surface area contributed by atoms with Crippen molar-refractivity contribution in [2.24, 2.45) is 5.73 Å². The first-order valence-electron chi connectivity index (χ1n) is 2.39. The smallest absolute Gasteiger partial charge is 0.320 e. The summed E-state index contributed by atoms with van der Waals surface area (Å²) in [6.07, 6.45) is 1.28. The van der Waals surface area contributed by atoms with Crippen LogP contribution in [0.1, 0.15) is 0 Å². The van der Waals surface area contributed by atoms with Crippen molar-refractivity contribution in [2.45, 2.75) is 5.25 Å². The zero-order valence-electron chi connectivity index (χ0n) is 5.11. The second kappa shape index (κ2) is 4.29. The summed E-state index contributed by atoms with van der Waals surface area (Å²) in [5.74, 6) is -0.979. The lowest BCUT2D eigenvalue weighted by Crippen LogP contribution is -2.17. The molecule has 0 amide bonds. The van der Waals surface area contributed by atoms with Crippen molar-refractivity contribution in [2.75, 3.05) is 0 Å². The third-order valence-electron chi connectivity index (χ3n) is 0.701. The molecule has 56 valence electrons. The first kappa shape index (κ1) is 9.45. The van der Waals surface area contributed by atoms with Crippen molar-refractivity contribution >= 4 is 34.3 Å². The number of carboxylic acids is 1. The first-order valence-corrected chi connectivity index (χ1v) is 3.68. The Kier molecular flexibility index (Phi) is 4.06. The molecule has 0 aliphatic heterocycles. The summed E-state index contributed by atoms with van der Waals surface area (Å²) in [7, 11) is 0. The van der Waals surface area contributed by atoms with Gasteiger partial charge in [0.2, 0.25) is 0 Å². The lowest BCUT2D eigenvalue weighted by atomic mass is 10.4. The maximum absolute atomic E-state index is 10.3. The van der Waals surface area contributed by atoms with Gasteiger partial charge >= 0.3 is 5.97 Å². The van der Waals surface area contributed by atoms with E-state index in [4.69, 9.17) is 10.8 Å². The minimum Gasteiger partial charge on any atom is -0.480 e. The Labute approximate surface area is 68.3 Å². The lowest BCUT2D eigenvalue weighted by molar-refractivity contribution is -0.135. The van der Waals surface area contributed by atoms with Crippen molar-refractivity contribution in [1.82, 2.24) is 0 Å². The molecular weight excluding hydrogens is 170 g/mol. The Morgan fingerprint density at radius 1 is 1.90 bits per heavy atom. The minimum atomic E-state index is -0.979. The van der Waals surface area contributed by atoms with Crippen LogP contribution in [-0.4, -0.2) is 20.6 Å². The number of hydrogen-bond acceptors (Lipinski definition) is 3. The van der Waals surface area contributed by atoms with Crippen LogP contribution in [0.15, 0.2) is 12.7 Å². The van der Waals surface area contributed by atoms with E-state index in [9.17, 15) is 4.79 Å². The average Bonchev–Trinajstić information content (AvgIpc) is 1.81. The number of carboxylic acid groups (broad SMARTS) is 1. The molecule has 0 fully saturated rings. The molecule has 0 saturated heterocycles. The quantitative estimate of drug-likeness (QED) is 0.488. The van der Waals surface area contributed by atoms with E-state index in [-0.39, 0.29) is 4.32 Å². The third-order valence-corrected chi connectivity index (χ3v) is 1.87. The average molecular weight is 177 g/mol. The molecule has 10 heavy (non-hydrogen) atoms. The van der Waals surface area contributed by atoms with Crippen molar-refractivity contribution in [1.29, 1.82) is 0 Å². The molecule has 0 radical (unpaired) electrons. The fourth-order valence-electron chi connectivity index (χ4n) is 0.324. The summed E-state index contributed by atoms with van der Waals surface area (Å²) in [4.78, 5) is 10.3. The number of carbonyl (C=O) groups is 1. The maximum Gasteiger partial charge on any atom is 0.320 e. The van der Waals surface area contributed by atoms with E-state index in [1.807, 2.05) is 0 Å². The summed E-state index contributed by atoms with van der Waals surface area (Å²) in [6.45, 7) is 3.32. The molecule has 0 aliphatic rings. The Morgan fingerprint density at radius 2 is 2.40 bits per heavy atom. The molecule has 0 rings (SSSR count). The number of aliphatic carboxylic acids is 1. The Morgan fingerprint density at radius 3 is 2.50 bits per heavy atom. The minimum absolute atomic E-state index is 0.118. The molecule has 5 heteroatoms. The second-order valence-electron chi connectivity index (χ2n) is 1.43. The van der Waals surface area contributed by atoms with Crippen LogP contribution in [0.5, 0.6) is 0 Å². The maximum atomic E-state index is 10.3. The fourth-order valence-corrected chi connectivity index (χ4v) is 1.08. The van der Waals surface area contributed by atoms with Gasteiger partial charge in [0.05, 0.1) is 0 Å². The molecule has 0 heterocycles. The van der Waals surface area contributed by atoms with E-state index in [2.05, 4.69) is 18.8 Å². The van der Waals surface area contributed by atoms with Gasteiger partial charge in [-0.15, -0.1) is 6.58 Å². The molecule has 0 aromatic heterocycles. The molecule has 0 aliphatic carbocycles. The largest absolute Gasteiger partial charge is 0.480 e. The molecule has 0 saturated carbocycles. The number of thioether (sulfide) groups is 1. The molecular formula is C5H7NO2S2. The van der Waals surface area contributed by atoms with Gasteiger partial charge < -0.3 is 10.8 Å². The summed E-state index contributed by atoms with van der Waals surface area (Å²) >= 11 is 5.39. The predicted molar refractivity (Wildman–Crippen MR) is 46.0 cm³/mol. The molecule has 1 atom stereocenters. The van der Waals surface area contributed by atoms with E-state index in [1.54, 1.807) is 0 Å². The van der Waals surface area contributed by atoms with Gasteiger partial charge in [-0.1, -0.05) is 30.1 Å². The second-order valence-corrected chi connectivity index (χ2v) is 3.31. The predicted octanol–water partition coefficient (Wildman–Crippen LogP) is 0.602. The summed E-state index contributed by atoms with van der Waals surface area (Å²) in [5.41, 5.74) is 5.09. The Bertz CT molecular complexity index is 169. The molecule has 0 aromatic carbocycles. The van der Waals surface area contributed by atoms with Crippen LogP contribution in [0.3, 0.4) is 0 Å². The number of rotatable bonds is 3. The highest BCUT2D eigenvalue weighted by molar-refractivity contribution is 8.23. The molecule has 3 nitrogen and oxygen atoms in total. The number of thiocarbonyl (C=S) groups is 1. The van der Waals surface area contributed by atoms with Crippen molar-refractivity contribution in [3.8, 4) is 0 Å². The zero-order chi connectivity index (χ0) is 8.15. The number of nitrogens with two attached hydrogens (primary N) is 1. The van der Waals surface area contributed by atoms with Crippen LogP contribution in [0.4, 0.5) is 0 Å². The van der Waals surface area contributed by atoms with Crippen LogP contribution in [0.2, 0.25) is 0 Å². The van der Waals surface area contributed by atoms with Gasteiger partial charge in [-0.3, -0.25) is 4.79 Å². The monoisotopic (exact) mass is 177 g/mol. The van der Waals surface area contributed by atoms with Crippen LogP contribution in [0, 0.1) is 0 Å². The molecule has 3 N–H and O–H groups in total. The standard InChI is InChI=1S/C5H7NO2S2/c1-2-3(4(7)8)10-5(6)9/h2-3H,1H2,(H2,6,9)(H,7,8). The molecule has 0 bridgehead atoms. The van der Waals surface area contributed by atoms with Crippen LogP contribution in [-0.2, 0) is 4.79 Å². The van der Waals surface area contributed by atoms with Crippen molar-refractivity contribution in [3.63, 3.8) is 0 Å².